The third kappa shape index (κ3) is 5.50. The van der Waals surface area contributed by atoms with Crippen molar-refractivity contribution in [3.05, 3.63) is 28.2 Å². The van der Waals surface area contributed by atoms with E-state index in [0.29, 0.717) is 10.0 Å². The highest BCUT2D eigenvalue weighted by Crippen LogP contribution is 2.24. The highest BCUT2D eigenvalue weighted by atomic mass is 79.9. The van der Waals surface area contributed by atoms with Crippen molar-refractivity contribution in [2.45, 2.75) is 19.3 Å². The van der Waals surface area contributed by atoms with Crippen molar-refractivity contribution in [3.8, 4) is 5.75 Å². The predicted octanol–water partition coefficient (Wildman–Crippen LogP) is 0.986. The standard InChI is InChI=1S/C11H13BrF2N2O3/c12-7-1-2-9(19-11(13)14)6(3-7)4-16-5-8(17)10(15)18/h1-3,8,11,16-17H,4-5H2,(H2,15,18). The number of carbonyl (C=O) groups is 1. The summed E-state index contributed by atoms with van der Waals surface area (Å²) < 4.78 is 29.5. The number of hydrogen-bond donors (Lipinski definition) is 3. The van der Waals surface area contributed by atoms with E-state index in [2.05, 4.69) is 26.0 Å². The van der Waals surface area contributed by atoms with Gasteiger partial charge in [-0.25, -0.2) is 0 Å². The van der Waals surface area contributed by atoms with Gasteiger partial charge in [-0.05, 0) is 18.2 Å². The van der Waals surface area contributed by atoms with Gasteiger partial charge in [0.1, 0.15) is 11.9 Å². The van der Waals surface area contributed by atoms with Crippen LogP contribution >= 0.6 is 15.9 Å². The van der Waals surface area contributed by atoms with Gasteiger partial charge in [-0.1, -0.05) is 15.9 Å². The van der Waals surface area contributed by atoms with Crippen molar-refractivity contribution in [3.63, 3.8) is 0 Å². The Morgan fingerprint density at radius 3 is 2.79 bits per heavy atom. The van der Waals surface area contributed by atoms with Gasteiger partial charge in [-0.3, -0.25) is 4.79 Å². The number of carbonyl (C=O) groups excluding carboxylic acids is 1. The first-order valence-electron chi connectivity index (χ1n) is 5.31. The van der Waals surface area contributed by atoms with Gasteiger partial charge in [0.25, 0.3) is 0 Å². The quantitative estimate of drug-likeness (QED) is 0.692. The number of nitrogens with two attached hydrogens (primary N) is 1. The topological polar surface area (TPSA) is 84.6 Å². The minimum absolute atomic E-state index is 0.0271. The number of benzene rings is 1. The Hall–Kier alpha value is -1.25. The van der Waals surface area contributed by atoms with Crippen molar-refractivity contribution >= 4 is 21.8 Å². The Balaban J connectivity index is 2.65. The first-order valence-corrected chi connectivity index (χ1v) is 6.10. The monoisotopic (exact) mass is 338 g/mol. The Bertz CT molecular complexity index is 446. The molecule has 0 aliphatic rings. The lowest BCUT2D eigenvalue weighted by atomic mass is 10.2. The SMILES string of the molecule is NC(=O)C(O)CNCc1cc(Br)ccc1OC(F)F. The molecule has 0 aliphatic heterocycles. The summed E-state index contributed by atoms with van der Waals surface area (Å²) >= 11 is 3.21. The average Bonchev–Trinajstić information content (AvgIpc) is 2.31. The van der Waals surface area contributed by atoms with Gasteiger partial charge < -0.3 is 20.9 Å². The van der Waals surface area contributed by atoms with Gasteiger partial charge in [0, 0.05) is 23.1 Å². The summed E-state index contributed by atoms with van der Waals surface area (Å²) in [7, 11) is 0. The van der Waals surface area contributed by atoms with Crippen LogP contribution < -0.4 is 15.8 Å². The zero-order valence-electron chi connectivity index (χ0n) is 9.78. The zero-order chi connectivity index (χ0) is 14.4. The molecule has 106 valence electrons. The molecule has 1 atom stereocenters. The van der Waals surface area contributed by atoms with E-state index in [-0.39, 0.29) is 18.8 Å². The van der Waals surface area contributed by atoms with Gasteiger partial charge in [-0.15, -0.1) is 0 Å². The number of halogens is 3. The van der Waals surface area contributed by atoms with E-state index in [1.54, 1.807) is 12.1 Å². The van der Waals surface area contributed by atoms with Gasteiger partial charge in [0.2, 0.25) is 5.91 Å². The van der Waals surface area contributed by atoms with Crippen LogP contribution in [-0.4, -0.2) is 30.3 Å². The van der Waals surface area contributed by atoms with Gasteiger partial charge in [0.15, 0.2) is 0 Å². The van der Waals surface area contributed by atoms with E-state index in [1.165, 1.54) is 6.07 Å². The van der Waals surface area contributed by atoms with E-state index in [4.69, 9.17) is 5.73 Å². The molecule has 0 saturated carbocycles. The average molecular weight is 339 g/mol. The van der Waals surface area contributed by atoms with Crippen LogP contribution in [0.1, 0.15) is 5.56 Å². The summed E-state index contributed by atoms with van der Waals surface area (Å²) in [6.45, 7) is -2.85. The molecule has 5 nitrogen and oxygen atoms in total. The third-order valence-corrected chi connectivity index (χ3v) is 2.71. The lowest BCUT2D eigenvalue weighted by molar-refractivity contribution is -0.125. The van der Waals surface area contributed by atoms with E-state index >= 15 is 0 Å². The number of nitrogens with one attached hydrogen (secondary N) is 1. The largest absolute Gasteiger partial charge is 0.434 e. The molecule has 1 aromatic carbocycles. The Labute approximate surface area is 116 Å². The normalized spacial score (nSPS) is 12.5. The van der Waals surface area contributed by atoms with Crippen LogP contribution in [0.15, 0.2) is 22.7 Å². The number of primary amides is 1. The summed E-state index contributed by atoms with van der Waals surface area (Å²) in [5, 5.41) is 11.9. The van der Waals surface area contributed by atoms with Gasteiger partial charge in [-0.2, -0.15) is 8.78 Å². The van der Waals surface area contributed by atoms with Gasteiger partial charge in [0.05, 0.1) is 0 Å². The molecule has 19 heavy (non-hydrogen) atoms. The molecule has 0 aliphatic carbocycles. The molecular formula is C11H13BrF2N2O3. The summed E-state index contributed by atoms with van der Waals surface area (Å²) in [5.41, 5.74) is 5.34. The third-order valence-electron chi connectivity index (χ3n) is 2.22. The lowest BCUT2D eigenvalue weighted by Crippen LogP contribution is -2.37. The molecule has 1 aromatic rings. The van der Waals surface area contributed by atoms with E-state index in [1.807, 2.05) is 0 Å². The smallest absolute Gasteiger partial charge is 0.387 e. The number of amides is 1. The van der Waals surface area contributed by atoms with Crippen LogP contribution in [0.4, 0.5) is 8.78 Å². The maximum atomic E-state index is 12.2. The minimum Gasteiger partial charge on any atom is -0.434 e. The first-order chi connectivity index (χ1) is 8.90. The molecule has 0 fully saturated rings. The van der Waals surface area contributed by atoms with E-state index < -0.39 is 18.6 Å². The van der Waals surface area contributed by atoms with Crippen molar-refractivity contribution in [2.75, 3.05) is 6.54 Å². The Morgan fingerprint density at radius 2 is 2.21 bits per heavy atom. The zero-order valence-corrected chi connectivity index (χ0v) is 11.4. The second-order valence-electron chi connectivity index (χ2n) is 3.68. The highest BCUT2D eigenvalue weighted by Gasteiger charge is 2.12. The molecule has 0 saturated heterocycles. The highest BCUT2D eigenvalue weighted by molar-refractivity contribution is 9.10. The van der Waals surface area contributed by atoms with Crippen molar-refractivity contribution in [1.82, 2.24) is 5.32 Å². The van der Waals surface area contributed by atoms with E-state index in [0.717, 1.165) is 0 Å². The van der Waals surface area contributed by atoms with Crippen molar-refractivity contribution < 1.29 is 23.4 Å². The molecule has 1 unspecified atom stereocenters. The molecule has 0 spiro atoms. The van der Waals surface area contributed by atoms with E-state index in [9.17, 15) is 18.7 Å². The van der Waals surface area contributed by atoms with Crippen LogP contribution in [0.3, 0.4) is 0 Å². The van der Waals surface area contributed by atoms with Crippen LogP contribution in [0.5, 0.6) is 5.75 Å². The second-order valence-corrected chi connectivity index (χ2v) is 4.60. The maximum absolute atomic E-state index is 12.2. The number of alkyl halides is 2. The number of ether oxygens (including phenoxy) is 1. The molecule has 1 amide bonds. The van der Waals surface area contributed by atoms with Crippen LogP contribution in [0, 0.1) is 0 Å². The second kappa shape index (κ2) is 7.37. The number of aliphatic hydroxyl groups is 1. The summed E-state index contributed by atoms with van der Waals surface area (Å²) in [5.74, 6) is -0.829. The number of rotatable bonds is 7. The van der Waals surface area contributed by atoms with Crippen LogP contribution in [0.2, 0.25) is 0 Å². The molecule has 0 bridgehead atoms. The molecule has 0 aromatic heterocycles. The fourth-order valence-corrected chi connectivity index (χ4v) is 1.75. The molecule has 8 heteroatoms. The molecule has 1 rings (SSSR count). The molecule has 0 radical (unpaired) electrons. The van der Waals surface area contributed by atoms with Gasteiger partial charge >= 0.3 is 6.61 Å². The molecule has 4 N–H and O–H groups in total. The van der Waals surface area contributed by atoms with Crippen LogP contribution in [0.25, 0.3) is 0 Å². The summed E-state index contributed by atoms with van der Waals surface area (Å²) in [6, 6.07) is 4.57. The molecule has 0 heterocycles. The number of aliphatic hydroxyl groups excluding tert-OH is 1. The Morgan fingerprint density at radius 1 is 1.53 bits per heavy atom. The van der Waals surface area contributed by atoms with Crippen molar-refractivity contribution in [1.29, 1.82) is 0 Å². The fraction of sp³-hybridized carbons (Fsp3) is 0.364. The van der Waals surface area contributed by atoms with Crippen molar-refractivity contribution in [2.24, 2.45) is 5.73 Å². The molecular weight excluding hydrogens is 326 g/mol. The number of hydrogen-bond acceptors (Lipinski definition) is 4. The maximum Gasteiger partial charge on any atom is 0.387 e. The summed E-state index contributed by atoms with van der Waals surface area (Å²) in [6.07, 6.45) is -1.33. The predicted molar refractivity (Wildman–Crippen MR) is 67.7 cm³/mol. The Kier molecular flexibility index (Phi) is 6.13. The summed E-state index contributed by atoms with van der Waals surface area (Å²) in [4.78, 5) is 10.6. The fourth-order valence-electron chi connectivity index (χ4n) is 1.34. The first kappa shape index (κ1) is 15.8. The van der Waals surface area contributed by atoms with Crippen LogP contribution in [-0.2, 0) is 11.3 Å². The minimum atomic E-state index is -2.92. The lowest BCUT2D eigenvalue weighted by Gasteiger charge is -2.13.